The molecule has 0 saturated carbocycles. The molecule has 2 aromatic heterocycles. The number of carbonyl (C=O) groups excluding carboxylic acids is 1. The lowest BCUT2D eigenvalue weighted by Crippen LogP contribution is -2.15. The first-order valence-electron chi connectivity index (χ1n) is 6.94. The number of anilines is 1. The zero-order valence-corrected chi connectivity index (χ0v) is 14.0. The summed E-state index contributed by atoms with van der Waals surface area (Å²) in [5, 5.41) is 7.22. The molecule has 0 radical (unpaired) electrons. The van der Waals surface area contributed by atoms with Crippen LogP contribution >= 0.6 is 11.6 Å². The number of halogens is 1. The predicted octanol–water partition coefficient (Wildman–Crippen LogP) is 2.36. The van der Waals surface area contributed by atoms with E-state index in [1.807, 2.05) is 6.92 Å². The third-order valence-corrected chi connectivity index (χ3v) is 3.65. The van der Waals surface area contributed by atoms with Crippen molar-refractivity contribution < 1.29 is 14.3 Å². The van der Waals surface area contributed by atoms with Crippen LogP contribution in [0.15, 0.2) is 24.4 Å². The van der Waals surface area contributed by atoms with Crippen LogP contribution in [0.2, 0.25) is 5.02 Å². The standard InChI is InChI=1S/C15H14ClN5O3/c1-8-4-5-17-15-19-13(20-21(8)15)14(22)18-10-7-11(23-2)9(16)6-12(10)24-3/h4-7H,1-3H3,(H,18,22). The summed E-state index contributed by atoms with van der Waals surface area (Å²) in [5.41, 5.74) is 1.21. The fourth-order valence-corrected chi connectivity index (χ4v) is 2.37. The number of carbonyl (C=O) groups is 1. The van der Waals surface area contributed by atoms with Crippen LogP contribution in [0.1, 0.15) is 16.3 Å². The molecule has 0 fully saturated rings. The average molecular weight is 348 g/mol. The molecule has 0 aliphatic rings. The molecule has 0 aliphatic heterocycles. The number of nitrogens with one attached hydrogen (secondary N) is 1. The highest BCUT2D eigenvalue weighted by Crippen LogP contribution is 2.35. The number of rotatable bonds is 4. The quantitative estimate of drug-likeness (QED) is 0.779. The summed E-state index contributed by atoms with van der Waals surface area (Å²) < 4.78 is 11.9. The van der Waals surface area contributed by atoms with Crippen LogP contribution in [0.4, 0.5) is 5.69 Å². The maximum Gasteiger partial charge on any atom is 0.295 e. The van der Waals surface area contributed by atoms with Crippen LogP contribution in [0, 0.1) is 6.92 Å². The topological polar surface area (TPSA) is 90.6 Å². The lowest BCUT2D eigenvalue weighted by atomic mass is 10.2. The molecule has 3 aromatic rings. The van der Waals surface area contributed by atoms with Gasteiger partial charge in [0, 0.05) is 24.0 Å². The summed E-state index contributed by atoms with van der Waals surface area (Å²) in [6.45, 7) is 1.85. The van der Waals surface area contributed by atoms with E-state index in [0.29, 0.717) is 28.0 Å². The lowest BCUT2D eigenvalue weighted by Gasteiger charge is -2.12. The fourth-order valence-electron chi connectivity index (χ4n) is 2.14. The molecule has 8 nitrogen and oxygen atoms in total. The predicted molar refractivity (Wildman–Crippen MR) is 88.0 cm³/mol. The van der Waals surface area contributed by atoms with Crippen LogP contribution in [-0.4, -0.2) is 39.7 Å². The summed E-state index contributed by atoms with van der Waals surface area (Å²) in [4.78, 5) is 20.6. The third kappa shape index (κ3) is 2.83. The highest BCUT2D eigenvalue weighted by Gasteiger charge is 2.18. The smallest absolute Gasteiger partial charge is 0.295 e. The fraction of sp³-hybridized carbons (Fsp3) is 0.200. The monoisotopic (exact) mass is 347 g/mol. The average Bonchev–Trinajstić information content (AvgIpc) is 3.01. The van der Waals surface area contributed by atoms with Crippen molar-refractivity contribution in [2.45, 2.75) is 6.92 Å². The van der Waals surface area contributed by atoms with Crippen LogP contribution in [0.5, 0.6) is 11.5 Å². The van der Waals surface area contributed by atoms with Crippen LogP contribution in [0.25, 0.3) is 5.78 Å². The molecule has 3 rings (SSSR count). The van der Waals surface area contributed by atoms with Gasteiger partial charge in [-0.15, -0.1) is 5.10 Å². The number of aromatic nitrogens is 4. The normalized spacial score (nSPS) is 10.7. The van der Waals surface area contributed by atoms with Crippen molar-refractivity contribution in [2.75, 3.05) is 19.5 Å². The number of benzene rings is 1. The van der Waals surface area contributed by atoms with Crippen molar-refractivity contribution in [3.63, 3.8) is 0 Å². The minimum absolute atomic E-state index is 0.00669. The number of aryl methyl sites for hydroxylation is 1. The molecule has 0 spiro atoms. The Morgan fingerprint density at radius 3 is 2.67 bits per heavy atom. The Kier molecular flexibility index (Phi) is 4.22. The molecule has 24 heavy (non-hydrogen) atoms. The van der Waals surface area contributed by atoms with E-state index < -0.39 is 5.91 Å². The Bertz CT molecular complexity index is 925. The molecule has 1 amide bonds. The molecule has 0 aliphatic carbocycles. The molecule has 0 atom stereocenters. The van der Waals surface area contributed by atoms with Crippen LogP contribution < -0.4 is 14.8 Å². The summed E-state index contributed by atoms with van der Waals surface area (Å²) >= 11 is 6.05. The molecule has 0 saturated heterocycles. The summed E-state index contributed by atoms with van der Waals surface area (Å²) in [7, 11) is 2.96. The number of fused-ring (bicyclic) bond motifs is 1. The number of methoxy groups -OCH3 is 2. The van der Waals surface area contributed by atoms with Crippen molar-refractivity contribution >= 4 is 29.0 Å². The first-order chi connectivity index (χ1) is 11.5. The maximum atomic E-state index is 12.4. The number of ether oxygens (including phenoxy) is 2. The van der Waals surface area contributed by atoms with Gasteiger partial charge in [0.05, 0.1) is 24.9 Å². The lowest BCUT2D eigenvalue weighted by molar-refractivity contribution is 0.101. The van der Waals surface area contributed by atoms with Crippen molar-refractivity contribution in [3.05, 3.63) is 40.9 Å². The van der Waals surface area contributed by atoms with Crippen molar-refractivity contribution in [2.24, 2.45) is 0 Å². The van der Waals surface area contributed by atoms with E-state index in [4.69, 9.17) is 21.1 Å². The summed E-state index contributed by atoms with van der Waals surface area (Å²) in [6.07, 6.45) is 1.61. The van der Waals surface area contributed by atoms with Crippen LogP contribution in [0.3, 0.4) is 0 Å². The van der Waals surface area contributed by atoms with E-state index in [1.54, 1.807) is 24.4 Å². The van der Waals surface area contributed by atoms with Crippen LogP contribution in [-0.2, 0) is 0 Å². The molecule has 0 unspecified atom stereocenters. The second kappa shape index (κ2) is 6.32. The van der Waals surface area contributed by atoms with Gasteiger partial charge in [0.15, 0.2) is 0 Å². The van der Waals surface area contributed by atoms with Gasteiger partial charge in [-0.05, 0) is 13.0 Å². The SMILES string of the molecule is COc1cc(NC(=O)c2nc3nccc(C)n3n2)c(OC)cc1Cl. The molecule has 2 heterocycles. The van der Waals surface area contributed by atoms with Gasteiger partial charge in [-0.3, -0.25) is 4.79 Å². The highest BCUT2D eigenvalue weighted by molar-refractivity contribution is 6.32. The first kappa shape index (κ1) is 16.0. The van der Waals surface area contributed by atoms with E-state index in [-0.39, 0.29) is 5.82 Å². The van der Waals surface area contributed by atoms with Crippen molar-refractivity contribution in [1.29, 1.82) is 0 Å². The Balaban J connectivity index is 1.95. The zero-order valence-electron chi connectivity index (χ0n) is 13.2. The Hall–Kier alpha value is -2.87. The molecule has 9 heteroatoms. The Labute approximate surface area is 142 Å². The van der Waals surface area contributed by atoms with E-state index in [2.05, 4.69) is 20.4 Å². The largest absolute Gasteiger partial charge is 0.495 e. The molecule has 0 bridgehead atoms. The second-order valence-corrected chi connectivity index (χ2v) is 5.28. The van der Waals surface area contributed by atoms with E-state index >= 15 is 0 Å². The van der Waals surface area contributed by atoms with Gasteiger partial charge < -0.3 is 14.8 Å². The Morgan fingerprint density at radius 1 is 1.25 bits per heavy atom. The molecular formula is C15H14ClN5O3. The maximum absolute atomic E-state index is 12.4. The number of amides is 1. The number of hydrogen-bond donors (Lipinski definition) is 1. The minimum atomic E-state index is -0.498. The van der Waals surface area contributed by atoms with Gasteiger partial charge in [0.25, 0.3) is 11.7 Å². The first-order valence-corrected chi connectivity index (χ1v) is 7.32. The van der Waals surface area contributed by atoms with Crippen molar-refractivity contribution in [3.8, 4) is 11.5 Å². The van der Waals surface area contributed by atoms with Gasteiger partial charge >= 0.3 is 0 Å². The third-order valence-electron chi connectivity index (χ3n) is 3.36. The Morgan fingerprint density at radius 2 is 2.00 bits per heavy atom. The van der Waals surface area contributed by atoms with Gasteiger partial charge in [0.1, 0.15) is 11.5 Å². The second-order valence-electron chi connectivity index (χ2n) is 4.87. The molecule has 124 valence electrons. The number of hydrogen-bond acceptors (Lipinski definition) is 6. The van der Waals surface area contributed by atoms with Crippen molar-refractivity contribution in [1.82, 2.24) is 19.6 Å². The summed E-state index contributed by atoms with van der Waals surface area (Å²) in [6, 6.07) is 4.90. The zero-order chi connectivity index (χ0) is 17.3. The van der Waals surface area contributed by atoms with E-state index in [9.17, 15) is 4.79 Å². The summed E-state index contributed by atoms with van der Waals surface area (Å²) in [5.74, 6) is 0.650. The molecule has 1 N–H and O–H groups in total. The van der Waals surface area contributed by atoms with Gasteiger partial charge in [0.2, 0.25) is 5.82 Å². The van der Waals surface area contributed by atoms with E-state index in [0.717, 1.165) is 5.69 Å². The van der Waals surface area contributed by atoms with Gasteiger partial charge in [-0.25, -0.2) is 9.50 Å². The highest BCUT2D eigenvalue weighted by atomic mass is 35.5. The van der Waals surface area contributed by atoms with Gasteiger partial charge in [-0.1, -0.05) is 11.6 Å². The van der Waals surface area contributed by atoms with E-state index in [1.165, 1.54) is 18.7 Å². The minimum Gasteiger partial charge on any atom is -0.495 e. The molecule has 1 aromatic carbocycles. The van der Waals surface area contributed by atoms with Gasteiger partial charge in [-0.2, -0.15) is 4.98 Å². The number of nitrogens with zero attached hydrogens (tertiary/aromatic N) is 4. The molecular weight excluding hydrogens is 334 g/mol.